The van der Waals surface area contributed by atoms with Crippen molar-refractivity contribution in [3.8, 4) is 5.75 Å². The lowest BCUT2D eigenvalue weighted by Gasteiger charge is -2.34. The van der Waals surface area contributed by atoms with Crippen molar-refractivity contribution in [2.75, 3.05) is 25.1 Å². The lowest BCUT2D eigenvalue weighted by atomic mass is 10.1. The molecule has 0 fully saturated rings. The van der Waals surface area contributed by atoms with Crippen molar-refractivity contribution in [1.82, 2.24) is 4.90 Å². The van der Waals surface area contributed by atoms with Crippen LogP contribution in [-0.2, 0) is 17.9 Å². The van der Waals surface area contributed by atoms with Gasteiger partial charge in [-0.1, -0.05) is 43.7 Å². The van der Waals surface area contributed by atoms with Crippen LogP contribution in [0.2, 0.25) is 0 Å². The Balaban J connectivity index is 1.89. The Hall–Kier alpha value is -2.53. The number of rotatable bonds is 7. The molecule has 1 aliphatic rings. The first-order chi connectivity index (χ1) is 13.6. The summed E-state index contributed by atoms with van der Waals surface area (Å²) < 4.78 is 5.42. The van der Waals surface area contributed by atoms with Crippen LogP contribution in [0.15, 0.2) is 48.5 Å². The van der Waals surface area contributed by atoms with Gasteiger partial charge in [0.25, 0.3) is 0 Å². The van der Waals surface area contributed by atoms with E-state index in [9.17, 15) is 9.90 Å². The van der Waals surface area contributed by atoms with Crippen LogP contribution in [0.5, 0.6) is 5.75 Å². The number of methoxy groups -OCH3 is 1. The van der Waals surface area contributed by atoms with Crippen molar-refractivity contribution < 1.29 is 14.6 Å². The highest BCUT2D eigenvalue weighted by molar-refractivity contribution is 5.78. The zero-order valence-corrected chi connectivity index (χ0v) is 16.8. The molecular weight excluding hydrogens is 352 g/mol. The van der Waals surface area contributed by atoms with Gasteiger partial charge >= 0.3 is 0 Å². The molecule has 0 saturated heterocycles. The van der Waals surface area contributed by atoms with E-state index in [1.165, 1.54) is 0 Å². The Morgan fingerprint density at radius 3 is 2.64 bits per heavy atom. The molecule has 150 valence electrons. The molecule has 28 heavy (non-hydrogen) atoms. The molecule has 2 aromatic carbocycles. The third-order valence-corrected chi connectivity index (χ3v) is 5.21. The lowest BCUT2D eigenvalue weighted by molar-refractivity contribution is -0.132. The number of amides is 1. The standard InChI is InChI=1S/C23H30N2O3/c1-3-7-20(26)17-24-13-12-23(27)25(15-18-8-5-4-6-9-18)16-19-14-21(28-2)10-11-22(19)24/h4-6,8-11,14,20,26H,3,7,12-13,15-17H2,1-2H3. The average molecular weight is 383 g/mol. The summed E-state index contributed by atoms with van der Waals surface area (Å²) in [4.78, 5) is 17.0. The molecule has 2 aromatic rings. The Kier molecular flexibility index (Phi) is 6.93. The summed E-state index contributed by atoms with van der Waals surface area (Å²) >= 11 is 0. The number of aliphatic hydroxyl groups excluding tert-OH is 1. The van der Waals surface area contributed by atoms with Gasteiger partial charge in [-0.05, 0) is 35.7 Å². The number of hydrogen-bond acceptors (Lipinski definition) is 4. The summed E-state index contributed by atoms with van der Waals surface area (Å²) in [5.41, 5.74) is 3.24. The number of ether oxygens (including phenoxy) is 1. The van der Waals surface area contributed by atoms with Crippen molar-refractivity contribution >= 4 is 11.6 Å². The number of nitrogens with zero attached hydrogens (tertiary/aromatic N) is 2. The van der Waals surface area contributed by atoms with E-state index in [0.29, 0.717) is 32.6 Å². The zero-order chi connectivity index (χ0) is 19.9. The normalized spacial score (nSPS) is 15.6. The van der Waals surface area contributed by atoms with Gasteiger partial charge in [0, 0.05) is 38.3 Å². The van der Waals surface area contributed by atoms with Gasteiger partial charge in [-0.3, -0.25) is 4.79 Å². The second-order valence-electron chi connectivity index (χ2n) is 7.37. The van der Waals surface area contributed by atoms with Crippen molar-refractivity contribution in [2.45, 2.75) is 45.4 Å². The molecule has 1 N–H and O–H groups in total. The van der Waals surface area contributed by atoms with Crippen molar-refractivity contribution in [3.63, 3.8) is 0 Å². The molecule has 1 aliphatic heterocycles. The Bertz CT molecular complexity index is 779. The van der Waals surface area contributed by atoms with Gasteiger partial charge in [-0.25, -0.2) is 0 Å². The van der Waals surface area contributed by atoms with Gasteiger partial charge in [-0.2, -0.15) is 0 Å². The van der Waals surface area contributed by atoms with Gasteiger partial charge in [0.15, 0.2) is 0 Å². The molecule has 0 aliphatic carbocycles. The SMILES string of the molecule is CCCC(O)CN1CCC(=O)N(Cc2ccccc2)Cc2cc(OC)ccc21. The van der Waals surface area contributed by atoms with Gasteiger partial charge in [0.05, 0.1) is 13.2 Å². The maximum atomic E-state index is 12.9. The summed E-state index contributed by atoms with van der Waals surface area (Å²) in [5.74, 6) is 0.910. The first-order valence-corrected chi connectivity index (χ1v) is 10.0. The first kappa shape index (κ1) is 20.2. The highest BCUT2D eigenvalue weighted by atomic mass is 16.5. The van der Waals surface area contributed by atoms with Crippen LogP contribution in [0.25, 0.3) is 0 Å². The molecular formula is C23H30N2O3. The highest BCUT2D eigenvalue weighted by Gasteiger charge is 2.24. The van der Waals surface area contributed by atoms with Gasteiger partial charge in [-0.15, -0.1) is 0 Å². The van der Waals surface area contributed by atoms with Gasteiger partial charge in [0.1, 0.15) is 5.75 Å². The second-order valence-corrected chi connectivity index (χ2v) is 7.37. The fraction of sp³-hybridized carbons (Fsp3) is 0.435. The number of carbonyl (C=O) groups excluding carboxylic acids is 1. The molecule has 5 heteroatoms. The molecule has 5 nitrogen and oxygen atoms in total. The number of fused-ring (bicyclic) bond motifs is 1. The van der Waals surface area contributed by atoms with Gasteiger partial charge < -0.3 is 19.6 Å². The molecule has 0 radical (unpaired) electrons. The zero-order valence-electron chi connectivity index (χ0n) is 16.8. The molecule has 1 unspecified atom stereocenters. The van der Waals surface area contributed by atoms with E-state index in [-0.39, 0.29) is 5.91 Å². The number of anilines is 1. The van der Waals surface area contributed by atoms with Crippen molar-refractivity contribution in [1.29, 1.82) is 0 Å². The van der Waals surface area contributed by atoms with E-state index in [1.807, 2.05) is 53.4 Å². The molecule has 1 amide bonds. The molecule has 0 aromatic heterocycles. The predicted octanol–water partition coefficient (Wildman–Crippen LogP) is 3.60. The van der Waals surface area contributed by atoms with E-state index in [4.69, 9.17) is 4.74 Å². The third kappa shape index (κ3) is 5.04. The average Bonchev–Trinajstić information content (AvgIpc) is 2.70. The van der Waals surface area contributed by atoms with Crippen LogP contribution in [0.1, 0.15) is 37.3 Å². The summed E-state index contributed by atoms with van der Waals surface area (Å²) in [7, 11) is 1.65. The smallest absolute Gasteiger partial charge is 0.224 e. The topological polar surface area (TPSA) is 53.0 Å². The van der Waals surface area contributed by atoms with E-state index < -0.39 is 6.10 Å². The minimum absolute atomic E-state index is 0.132. The van der Waals surface area contributed by atoms with Crippen LogP contribution in [0, 0.1) is 0 Å². The van der Waals surface area contributed by atoms with Crippen LogP contribution < -0.4 is 9.64 Å². The quantitative estimate of drug-likeness (QED) is 0.795. The third-order valence-electron chi connectivity index (χ3n) is 5.21. The molecule has 0 saturated carbocycles. The first-order valence-electron chi connectivity index (χ1n) is 10.0. The van der Waals surface area contributed by atoms with Crippen LogP contribution in [-0.4, -0.2) is 42.2 Å². The number of benzene rings is 2. The Labute approximate surface area is 167 Å². The minimum Gasteiger partial charge on any atom is -0.497 e. The van der Waals surface area contributed by atoms with E-state index in [2.05, 4.69) is 11.8 Å². The van der Waals surface area contributed by atoms with Crippen LogP contribution in [0.4, 0.5) is 5.69 Å². The maximum absolute atomic E-state index is 12.9. The Morgan fingerprint density at radius 1 is 1.14 bits per heavy atom. The number of aliphatic hydroxyl groups is 1. The second kappa shape index (κ2) is 9.60. The molecule has 1 atom stereocenters. The van der Waals surface area contributed by atoms with Gasteiger partial charge in [0.2, 0.25) is 5.91 Å². The number of hydrogen-bond donors (Lipinski definition) is 1. The Morgan fingerprint density at radius 2 is 1.93 bits per heavy atom. The lowest BCUT2D eigenvalue weighted by Crippen LogP contribution is -2.40. The maximum Gasteiger partial charge on any atom is 0.224 e. The summed E-state index contributed by atoms with van der Waals surface area (Å²) in [6, 6.07) is 16.1. The fourth-order valence-corrected chi connectivity index (χ4v) is 3.74. The molecule has 1 heterocycles. The van der Waals surface area contributed by atoms with Crippen molar-refractivity contribution in [3.05, 3.63) is 59.7 Å². The van der Waals surface area contributed by atoms with Crippen molar-refractivity contribution in [2.24, 2.45) is 0 Å². The van der Waals surface area contributed by atoms with Crippen LogP contribution >= 0.6 is 0 Å². The van der Waals surface area contributed by atoms with E-state index >= 15 is 0 Å². The number of β-amino-alcohol motifs (C(OH)–C–C–N with tert-alkyl or cyclic N) is 1. The predicted molar refractivity (Wildman–Crippen MR) is 111 cm³/mol. The monoisotopic (exact) mass is 382 g/mol. The number of carbonyl (C=O) groups is 1. The van der Waals surface area contributed by atoms with E-state index in [1.54, 1.807) is 7.11 Å². The summed E-state index contributed by atoms with van der Waals surface area (Å²) in [6.07, 6.45) is 1.75. The molecule has 0 spiro atoms. The van der Waals surface area contributed by atoms with E-state index in [0.717, 1.165) is 35.4 Å². The molecule has 3 rings (SSSR count). The molecule has 0 bridgehead atoms. The summed E-state index contributed by atoms with van der Waals surface area (Å²) in [5, 5.41) is 10.3. The summed E-state index contributed by atoms with van der Waals surface area (Å²) in [6.45, 7) is 4.33. The fourth-order valence-electron chi connectivity index (χ4n) is 3.74. The van der Waals surface area contributed by atoms with Crippen LogP contribution in [0.3, 0.4) is 0 Å². The largest absolute Gasteiger partial charge is 0.497 e. The highest BCUT2D eigenvalue weighted by Crippen LogP contribution is 2.30. The minimum atomic E-state index is -0.394.